The van der Waals surface area contributed by atoms with Crippen LogP contribution in [0, 0.1) is 0 Å². The summed E-state index contributed by atoms with van der Waals surface area (Å²) in [6.07, 6.45) is -8.25. The molecule has 0 saturated heterocycles. The Balaban J connectivity index is 1.63. The number of carbonyl (C=O) groups excluding carboxylic acids is 1. The monoisotopic (exact) mass is 468 g/mol. The first-order valence-corrected chi connectivity index (χ1v) is 9.45. The second kappa shape index (κ2) is 8.26. The van der Waals surface area contributed by atoms with Crippen molar-refractivity contribution in [2.75, 3.05) is 23.4 Å². The summed E-state index contributed by atoms with van der Waals surface area (Å²) < 4.78 is 83.4. The van der Waals surface area contributed by atoms with E-state index in [1.165, 1.54) is 24.3 Å². The molecule has 33 heavy (non-hydrogen) atoms. The number of alkyl halides is 6. The van der Waals surface area contributed by atoms with E-state index < -0.39 is 29.5 Å². The third-order valence-corrected chi connectivity index (χ3v) is 4.72. The molecule has 2 amide bonds. The summed E-state index contributed by atoms with van der Waals surface area (Å²) in [5.41, 5.74) is -1.53. The summed E-state index contributed by atoms with van der Waals surface area (Å²) in [5.74, 6) is -0.110. The zero-order chi connectivity index (χ0) is 23.8. The van der Waals surface area contributed by atoms with Gasteiger partial charge in [0.05, 0.1) is 23.4 Å². The van der Waals surface area contributed by atoms with Crippen LogP contribution in [0.1, 0.15) is 11.1 Å². The number of nitrogens with one attached hydrogen (secondary N) is 1. The van der Waals surface area contributed by atoms with E-state index in [0.29, 0.717) is 6.07 Å². The number of hydrogen-bond acceptors (Lipinski definition) is 4. The van der Waals surface area contributed by atoms with Gasteiger partial charge in [0.2, 0.25) is 0 Å². The van der Waals surface area contributed by atoms with Crippen LogP contribution in [0.5, 0.6) is 5.75 Å². The maximum Gasteiger partial charge on any atom is 0.416 e. The number of rotatable bonds is 2. The summed E-state index contributed by atoms with van der Waals surface area (Å²) in [7, 11) is 0. The van der Waals surface area contributed by atoms with E-state index in [-0.39, 0.29) is 41.8 Å². The van der Waals surface area contributed by atoms with Gasteiger partial charge in [-0.25, -0.2) is 14.8 Å². The van der Waals surface area contributed by atoms with Crippen LogP contribution in [0.4, 0.5) is 42.8 Å². The van der Waals surface area contributed by atoms with E-state index in [2.05, 4.69) is 15.3 Å². The SMILES string of the molecule is O=C(Nc1cc(C(F)(F)F)ccn1)N1CCOc2ccc(-c3cccc(C(F)(F)F)c3)nc21. The van der Waals surface area contributed by atoms with E-state index in [0.717, 1.165) is 29.3 Å². The predicted octanol–water partition coefficient (Wildman–Crippen LogP) is 5.61. The second-order valence-corrected chi connectivity index (χ2v) is 6.95. The van der Waals surface area contributed by atoms with Crippen LogP contribution in [0.3, 0.4) is 0 Å². The lowest BCUT2D eigenvalue weighted by Crippen LogP contribution is -2.41. The predicted molar refractivity (Wildman–Crippen MR) is 106 cm³/mol. The highest BCUT2D eigenvalue weighted by Gasteiger charge is 2.32. The van der Waals surface area contributed by atoms with Crippen molar-refractivity contribution >= 4 is 17.7 Å². The number of hydrogen-bond donors (Lipinski definition) is 1. The first-order valence-electron chi connectivity index (χ1n) is 9.45. The summed E-state index contributed by atoms with van der Waals surface area (Å²) >= 11 is 0. The van der Waals surface area contributed by atoms with E-state index in [1.807, 2.05) is 0 Å². The first kappa shape index (κ1) is 22.4. The first-order chi connectivity index (χ1) is 15.5. The Hall–Kier alpha value is -3.83. The largest absolute Gasteiger partial charge is 0.488 e. The molecule has 12 heteroatoms. The maximum absolute atomic E-state index is 13.1. The van der Waals surface area contributed by atoms with Gasteiger partial charge in [0.25, 0.3) is 0 Å². The van der Waals surface area contributed by atoms with Gasteiger partial charge < -0.3 is 4.74 Å². The van der Waals surface area contributed by atoms with Crippen LogP contribution in [-0.4, -0.2) is 29.2 Å². The van der Waals surface area contributed by atoms with Crippen LogP contribution in [0.2, 0.25) is 0 Å². The second-order valence-electron chi connectivity index (χ2n) is 6.95. The van der Waals surface area contributed by atoms with E-state index >= 15 is 0 Å². The van der Waals surface area contributed by atoms with Crippen LogP contribution in [0.15, 0.2) is 54.7 Å². The van der Waals surface area contributed by atoms with Crippen molar-refractivity contribution < 1.29 is 35.9 Å². The molecule has 172 valence electrons. The fourth-order valence-electron chi connectivity index (χ4n) is 3.16. The van der Waals surface area contributed by atoms with Gasteiger partial charge in [-0.05, 0) is 36.4 Å². The van der Waals surface area contributed by atoms with E-state index in [1.54, 1.807) is 0 Å². The molecule has 0 unspecified atom stereocenters. The highest BCUT2D eigenvalue weighted by atomic mass is 19.4. The van der Waals surface area contributed by atoms with Crippen molar-refractivity contribution in [3.63, 3.8) is 0 Å². The number of pyridine rings is 2. The Bertz CT molecular complexity index is 1200. The molecule has 1 aliphatic rings. The third kappa shape index (κ3) is 4.83. The Kier molecular flexibility index (Phi) is 5.60. The molecule has 2 aromatic heterocycles. The van der Waals surface area contributed by atoms with Crippen LogP contribution >= 0.6 is 0 Å². The molecule has 3 heterocycles. The molecule has 0 saturated carbocycles. The highest BCUT2D eigenvalue weighted by molar-refractivity contribution is 6.02. The van der Waals surface area contributed by atoms with Gasteiger partial charge in [0, 0.05) is 11.8 Å². The minimum atomic E-state index is -4.62. The fourth-order valence-corrected chi connectivity index (χ4v) is 3.16. The molecule has 6 nitrogen and oxygen atoms in total. The Labute approximate surface area is 182 Å². The number of urea groups is 1. The minimum absolute atomic E-state index is 0.0108. The molecule has 0 spiro atoms. The van der Waals surface area contributed by atoms with Gasteiger partial charge in [-0.15, -0.1) is 0 Å². The molecule has 0 fully saturated rings. The van der Waals surface area contributed by atoms with Crippen LogP contribution in [-0.2, 0) is 12.4 Å². The Morgan fingerprint density at radius 3 is 2.42 bits per heavy atom. The third-order valence-electron chi connectivity index (χ3n) is 4.72. The van der Waals surface area contributed by atoms with Gasteiger partial charge in [0.1, 0.15) is 12.4 Å². The van der Waals surface area contributed by atoms with Crippen molar-refractivity contribution in [3.05, 3.63) is 65.9 Å². The number of amides is 2. The van der Waals surface area contributed by atoms with Gasteiger partial charge >= 0.3 is 18.4 Å². The highest BCUT2D eigenvalue weighted by Crippen LogP contribution is 2.36. The zero-order valence-corrected chi connectivity index (χ0v) is 16.5. The summed E-state index contributed by atoms with van der Waals surface area (Å²) in [6.45, 7) is 0.0951. The number of ether oxygens (including phenoxy) is 1. The van der Waals surface area contributed by atoms with Gasteiger partial charge in [0.15, 0.2) is 11.6 Å². The summed E-state index contributed by atoms with van der Waals surface area (Å²) in [5, 5.41) is 2.28. The standard InChI is InChI=1S/C21H14F6N4O2/c22-20(23,24)13-3-1-2-12(10-13)15-4-5-16-18(29-15)31(8-9-33-16)19(32)30-17-11-14(6-7-28-17)21(25,26)27/h1-7,10-11H,8-9H2,(H,28,30,32). The Morgan fingerprint density at radius 2 is 1.70 bits per heavy atom. The molecule has 0 atom stereocenters. The smallest absolute Gasteiger partial charge is 0.416 e. The van der Waals surface area contributed by atoms with Gasteiger partial charge in [-0.1, -0.05) is 12.1 Å². The van der Waals surface area contributed by atoms with Crippen molar-refractivity contribution in [2.45, 2.75) is 12.4 Å². The van der Waals surface area contributed by atoms with Crippen molar-refractivity contribution in [2.24, 2.45) is 0 Å². The van der Waals surface area contributed by atoms with Crippen molar-refractivity contribution in [1.29, 1.82) is 0 Å². The quantitative estimate of drug-likeness (QED) is 0.497. The minimum Gasteiger partial charge on any atom is -0.488 e. The molecule has 1 aliphatic heterocycles. The molecule has 4 rings (SSSR count). The lowest BCUT2D eigenvalue weighted by molar-refractivity contribution is -0.138. The normalized spacial score (nSPS) is 13.8. The topological polar surface area (TPSA) is 67.4 Å². The van der Waals surface area contributed by atoms with E-state index in [9.17, 15) is 31.1 Å². The average Bonchev–Trinajstić information content (AvgIpc) is 2.77. The van der Waals surface area contributed by atoms with Gasteiger partial charge in [-0.2, -0.15) is 26.3 Å². The summed E-state index contributed by atoms with van der Waals surface area (Å²) in [6, 6.07) is 8.06. The fraction of sp³-hybridized carbons (Fsp3) is 0.190. The van der Waals surface area contributed by atoms with Crippen molar-refractivity contribution in [3.8, 4) is 17.0 Å². The van der Waals surface area contributed by atoms with Crippen LogP contribution < -0.4 is 15.0 Å². The number of benzene rings is 1. The summed E-state index contributed by atoms with van der Waals surface area (Å²) in [4.78, 5) is 21.9. The molecule has 0 bridgehead atoms. The Morgan fingerprint density at radius 1 is 0.970 bits per heavy atom. The molecule has 0 aliphatic carbocycles. The zero-order valence-electron chi connectivity index (χ0n) is 16.5. The number of halogens is 6. The molecule has 1 aromatic carbocycles. The molecule has 0 radical (unpaired) electrons. The molecular weight excluding hydrogens is 454 g/mol. The molecule has 3 aromatic rings. The molecule has 1 N–H and O–H groups in total. The lowest BCUT2D eigenvalue weighted by Gasteiger charge is -2.28. The average molecular weight is 468 g/mol. The van der Waals surface area contributed by atoms with E-state index in [4.69, 9.17) is 4.74 Å². The van der Waals surface area contributed by atoms with Crippen LogP contribution in [0.25, 0.3) is 11.3 Å². The number of aromatic nitrogens is 2. The number of fused-ring (bicyclic) bond motifs is 1. The number of nitrogens with zero attached hydrogens (tertiary/aromatic N) is 3. The number of anilines is 2. The van der Waals surface area contributed by atoms with Gasteiger partial charge in [-0.3, -0.25) is 10.2 Å². The number of carbonyl (C=O) groups is 1. The van der Waals surface area contributed by atoms with Crippen molar-refractivity contribution in [1.82, 2.24) is 9.97 Å². The maximum atomic E-state index is 13.1. The lowest BCUT2D eigenvalue weighted by atomic mass is 10.1. The molecular formula is C21H14F6N4O2.